The number of likely N-dealkylation sites (N-methyl/N-ethyl adjacent to an activating group) is 2. The summed E-state index contributed by atoms with van der Waals surface area (Å²) in [5.74, 6) is 0.656. The Morgan fingerprint density at radius 1 is 0.882 bits per heavy atom. The minimum atomic E-state index is -0.658. The Kier molecular flexibility index (Phi) is 14.1. The van der Waals surface area contributed by atoms with E-state index in [2.05, 4.69) is 39.3 Å². The zero-order valence-electron chi connectivity index (χ0n) is 30.9. The highest BCUT2D eigenvalue weighted by Crippen LogP contribution is 2.38. The summed E-state index contributed by atoms with van der Waals surface area (Å²) < 4.78 is 6.05. The van der Waals surface area contributed by atoms with Crippen LogP contribution in [0.2, 0.25) is 0 Å². The van der Waals surface area contributed by atoms with Crippen molar-refractivity contribution in [1.82, 2.24) is 25.1 Å². The summed E-state index contributed by atoms with van der Waals surface area (Å²) in [6.45, 7) is 15.3. The van der Waals surface area contributed by atoms with Crippen molar-refractivity contribution in [2.75, 3.05) is 43.4 Å². The Bertz CT molecular complexity index is 1740. The van der Waals surface area contributed by atoms with Gasteiger partial charge in [-0.1, -0.05) is 51.1 Å². The van der Waals surface area contributed by atoms with E-state index in [1.807, 2.05) is 83.3 Å². The number of nitrogens with one attached hydrogen (secondary N) is 2. The van der Waals surface area contributed by atoms with Crippen molar-refractivity contribution in [3.05, 3.63) is 102 Å². The van der Waals surface area contributed by atoms with Crippen LogP contribution in [-0.4, -0.2) is 76.9 Å². The molecule has 270 valence electrons. The Morgan fingerprint density at radius 2 is 1.57 bits per heavy atom. The van der Waals surface area contributed by atoms with Gasteiger partial charge in [-0.25, -0.2) is 19.7 Å². The number of anilines is 4. The number of hydrogen-bond acceptors (Lipinski definition) is 8. The van der Waals surface area contributed by atoms with E-state index in [4.69, 9.17) is 4.74 Å². The van der Waals surface area contributed by atoms with Gasteiger partial charge in [0.05, 0.1) is 11.4 Å². The lowest BCUT2D eigenvalue weighted by atomic mass is 10.0. The van der Waals surface area contributed by atoms with Crippen LogP contribution in [-0.2, 0) is 11.2 Å². The fraction of sp³-hybridized carbons (Fsp3) is 0.375. The number of carbonyl (C=O) groups is 3. The molecule has 0 aliphatic rings. The van der Waals surface area contributed by atoms with Crippen LogP contribution in [0.1, 0.15) is 67.6 Å². The highest BCUT2D eigenvalue weighted by Gasteiger charge is 2.27. The molecule has 51 heavy (non-hydrogen) atoms. The van der Waals surface area contributed by atoms with E-state index in [1.165, 1.54) is 11.2 Å². The summed E-state index contributed by atoms with van der Waals surface area (Å²) in [6.07, 6.45) is 3.75. The molecule has 0 saturated heterocycles. The first-order chi connectivity index (χ1) is 24.6. The number of aryl methyl sites for hydroxylation is 3. The zero-order valence-corrected chi connectivity index (χ0v) is 30.9. The van der Waals surface area contributed by atoms with Gasteiger partial charge >= 0.3 is 6.09 Å². The third kappa shape index (κ3) is 10.4. The van der Waals surface area contributed by atoms with Crippen molar-refractivity contribution in [2.24, 2.45) is 0 Å². The molecule has 0 bridgehead atoms. The van der Waals surface area contributed by atoms with E-state index in [9.17, 15) is 14.4 Å². The molecule has 0 spiro atoms. The fourth-order valence-corrected chi connectivity index (χ4v) is 5.64. The molecular formula is C40H51N7O4. The van der Waals surface area contributed by atoms with Crippen molar-refractivity contribution in [2.45, 2.75) is 66.8 Å². The van der Waals surface area contributed by atoms with Crippen LogP contribution < -0.4 is 20.3 Å². The van der Waals surface area contributed by atoms with Gasteiger partial charge in [0, 0.05) is 50.0 Å². The number of ether oxygens (including phenoxy) is 1. The molecule has 3 amide bonds. The van der Waals surface area contributed by atoms with Gasteiger partial charge in [-0.15, -0.1) is 0 Å². The molecule has 3 aromatic carbocycles. The summed E-state index contributed by atoms with van der Waals surface area (Å²) in [7, 11) is 1.82. The maximum Gasteiger partial charge on any atom is 0.425 e. The molecule has 1 atom stereocenters. The topological polar surface area (TPSA) is 120 Å². The minimum Gasteiger partial charge on any atom is -0.409 e. The average molecular weight is 694 g/mol. The molecule has 2 N–H and O–H groups in total. The molecule has 4 rings (SSSR count). The molecule has 0 radical (unpaired) electrons. The van der Waals surface area contributed by atoms with Gasteiger partial charge in [-0.05, 0) is 99.8 Å². The normalized spacial score (nSPS) is 11.5. The number of amides is 3. The second-order valence-corrected chi connectivity index (χ2v) is 12.6. The molecule has 0 saturated carbocycles. The fourth-order valence-electron chi connectivity index (χ4n) is 5.64. The van der Waals surface area contributed by atoms with Crippen LogP contribution in [0.15, 0.2) is 79.3 Å². The first-order valence-electron chi connectivity index (χ1n) is 17.7. The van der Waals surface area contributed by atoms with E-state index in [0.717, 1.165) is 42.7 Å². The highest BCUT2D eigenvalue weighted by molar-refractivity contribution is 6.01. The second kappa shape index (κ2) is 18.6. The molecule has 1 unspecified atom stereocenters. The van der Waals surface area contributed by atoms with Crippen LogP contribution in [0.3, 0.4) is 0 Å². The third-order valence-corrected chi connectivity index (χ3v) is 8.98. The van der Waals surface area contributed by atoms with Crippen LogP contribution >= 0.6 is 0 Å². The van der Waals surface area contributed by atoms with Gasteiger partial charge in [-0.2, -0.15) is 0 Å². The van der Waals surface area contributed by atoms with Gasteiger partial charge in [0.25, 0.3) is 5.91 Å². The number of carbonyl (C=O) groups excluding carboxylic acids is 3. The second-order valence-electron chi connectivity index (χ2n) is 12.6. The van der Waals surface area contributed by atoms with Crippen molar-refractivity contribution in [3.63, 3.8) is 0 Å². The lowest BCUT2D eigenvalue weighted by molar-refractivity contribution is -0.121. The zero-order chi connectivity index (χ0) is 36.9. The van der Waals surface area contributed by atoms with Crippen LogP contribution in [0, 0.1) is 13.8 Å². The van der Waals surface area contributed by atoms with Crippen molar-refractivity contribution in [1.29, 1.82) is 0 Å². The number of aromatic nitrogens is 2. The molecule has 1 aromatic heterocycles. The predicted molar refractivity (Wildman–Crippen MR) is 203 cm³/mol. The van der Waals surface area contributed by atoms with E-state index in [0.29, 0.717) is 47.2 Å². The number of benzene rings is 3. The minimum absolute atomic E-state index is 0.0595. The molecule has 0 fully saturated rings. The smallest absolute Gasteiger partial charge is 0.409 e. The molecule has 11 nitrogen and oxygen atoms in total. The Morgan fingerprint density at radius 3 is 2.20 bits per heavy atom. The van der Waals surface area contributed by atoms with E-state index in [1.54, 1.807) is 29.3 Å². The number of rotatable bonds is 16. The van der Waals surface area contributed by atoms with Crippen LogP contribution in [0.4, 0.5) is 27.7 Å². The first kappa shape index (κ1) is 38.5. The lowest BCUT2D eigenvalue weighted by Crippen LogP contribution is -2.36. The maximum absolute atomic E-state index is 14.2. The van der Waals surface area contributed by atoms with Crippen molar-refractivity contribution in [3.8, 4) is 5.75 Å². The van der Waals surface area contributed by atoms with Crippen LogP contribution in [0.5, 0.6) is 5.75 Å². The number of nitrogens with zero attached hydrogens (tertiary/aromatic N) is 5. The van der Waals surface area contributed by atoms with Gasteiger partial charge in [-0.3, -0.25) is 9.59 Å². The Balaban J connectivity index is 1.72. The Labute approximate surface area is 302 Å². The number of hydrogen-bond donors (Lipinski definition) is 2. The Hall–Kier alpha value is -5.29. The predicted octanol–water partition coefficient (Wildman–Crippen LogP) is 7.44. The number of para-hydroxylation sites is 2. The molecule has 11 heteroatoms. The molecular weight excluding hydrogens is 642 g/mol. The van der Waals surface area contributed by atoms with Gasteiger partial charge in [0.15, 0.2) is 0 Å². The van der Waals surface area contributed by atoms with Crippen LogP contribution in [0.25, 0.3) is 0 Å². The maximum atomic E-state index is 14.2. The summed E-state index contributed by atoms with van der Waals surface area (Å²) in [6, 6.07) is 20.2. The molecule has 1 heterocycles. The summed E-state index contributed by atoms with van der Waals surface area (Å²) in [5.41, 5.74) is 4.78. The van der Waals surface area contributed by atoms with Gasteiger partial charge < -0.3 is 25.2 Å². The van der Waals surface area contributed by atoms with Gasteiger partial charge in [0.1, 0.15) is 17.9 Å². The molecule has 0 aliphatic carbocycles. The third-order valence-electron chi connectivity index (χ3n) is 8.98. The summed E-state index contributed by atoms with van der Waals surface area (Å²) in [5, 5.41) is 6.54. The monoisotopic (exact) mass is 693 g/mol. The largest absolute Gasteiger partial charge is 0.425 e. The average Bonchev–Trinajstić information content (AvgIpc) is 3.14. The van der Waals surface area contributed by atoms with E-state index >= 15 is 0 Å². The quantitative estimate of drug-likeness (QED) is 0.124. The van der Waals surface area contributed by atoms with Crippen molar-refractivity contribution >= 4 is 40.8 Å². The van der Waals surface area contributed by atoms with E-state index in [-0.39, 0.29) is 24.3 Å². The molecule has 4 aromatic rings. The van der Waals surface area contributed by atoms with E-state index < -0.39 is 6.09 Å². The van der Waals surface area contributed by atoms with Crippen molar-refractivity contribution < 1.29 is 19.1 Å². The molecule has 0 aliphatic heterocycles. The first-order valence-corrected chi connectivity index (χ1v) is 17.7. The standard InChI is InChI=1S/C40H51N7O4/c1-8-30(6)43-36(48)22-19-31-15-12-16-34(47(35-23-24-41-27-42-35)40(50)51-38-28(4)13-11-14-29(38)5)37(31)44-33-20-17-32(18-21-33)39(49)45(7)25-26-46(9-2)10-3/h11-18,20-21,23-24,27,30,44H,8-10,19,22,25-26H2,1-7H3,(H,43,48). The lowest BCUT2D eigenvalue weighted by Gasteiger charge is -2.26. The highest BCUT2D eigenvalue weighted by atomic mass is 16.6. The SMILES string of the molecule is CCC(C)NC(=O)CCc1cccc(N(C(=O)Oc2c(C)cccc2C)c2ccncn2)c1Nc1ccc(C(=O)N(C)CCN(CC)CC)cc1. The summed E-state index contributed by atoms with van der Waals surface area (Å²) in [4.78, 5) is 54.2. The summed E-state index contributed by atoms with van der Waals surface area (Å²) >= 11 is 0. The van der Waals surface area contributed by atoms with Gasteiger partial charge in [0.2, 0.25) is 5.91 Å².